The molecule has 0 aromatic heterocycles. The van der Waals surface area contributed by atoms with Gasteiger partial charge in [-0.25, -0.2) is 0 Å². The maximum atomic E-state index is 12.9. The third-order valence-electron chi connectivity index (χ3n) is 7.29. The molecular weight excluding hydrogens is 366 g/mol. The van der Waals surface area contributed by atoms with E-state index in [-0.39, 0.29) is 11.0 Å². The predicted octanol–water partition coefficient (Wildman–Crippen LogP) is 2.61. The summed E-state index contributed by atoms with van der Waals surface area (Å²) in [7, 11) is 6.53. The Labute approximate surface area is 174 Å². The highest BCUT2D eigenvalue weighted by atomic mass is 16.7. The maximum absolute atomic E-state index is 12.9. The summed E-state index contributed by atoms with van der Waals surface area (Å²) in [4.78, 5) is 19.8. The van der Waals surface area contributed by atoms with Gasteiger partial charge in [0, 0.05) is 25.0 Å². The second kappa shape index (κ2) is 7.80. The molecule has 0 spiro atoms. The fraction of sp³-hybridized carbons (Fsp3) is 0.696. The van der Waals surface area contributed by atoms with Gasteiger partial charge in [-0.05, 0) is 83.0 Å². The molecule has 1 amide bonds. The molecule has 3 aliphatic rings. The van der Waals surface area contributed by atoms with Gasteiger partial charge in [-0.3, -0.25) is 4.79 Å². The summed E-state index contributed by atoms with van der Waals surface area (Å²) in [5, 5.41) is 0. The molecule has 160 valence electrons. The minimum absolute atomic E-state index is 0.0825. The van der Waals surface area contributed by atoms with Crippen molar-refractivity contribution >= 4 is 5.91 Å². The third-order valence-corrected chi connectivity index (χ3v) is 7.29. The van der Waals surface area contributed by atoms with E-state index in [2.05, 4.69) is 54.9 Å². The van der Waals surface area contributed by atoms with E-state index in [0.29, 0.717) is 19.1 Å². The molecule has 2 saturated heterocycles. The molecule has 0 aliphatic carbocycles. The molecule has 2 fully saturated rings. The zero-order valence-corrected chi connectivity index (χ0v) is 18.4. The van der Waals surface area contributed by atoms with Crippen LogP contribution in [0.3, 0.4) is 0 Å². The molecular formula is C23H35N3O3. The fourth-order valence-corrected chi connectivity index (χ4v) is 5.16. The molecule has 1 aromatic carbocycles. The van der Waals surface area contributed by atoms with Gasteiger partial charge in [-0.15, -0.1) is 0 Å². The van der Waals surface area contributed by atoms with Crippen molar-refractivity contribution < 1.29 is 14.3 Å². The molecule has 1 atom stereocenters. The van der Waals surface area contributed by atoms with Crippen LogP contribution in [0, 0.1) is 5.41 Å². The van der Waals surface area contributed by atoms with Gasteiger partial charge >= 0.3 is 0 Å². The first-order valence-electron chi connectivity index (χ1n) is 10.8. The van der Waals surface area contributed by atoms with E-state index in [4.69, 9.17) is 9.47 Å². The van der Waals surface area contributed by atoms with Crippen molar-refractivity contribution in [2.45, 2.75) is 44.6 Å². The van der Waals surface area contributed by atoms with Crippen LogP contribution in [-0.4, -0.2) is 80.3 Å². The van der Waals surface area contributed by atoms with Gasteiger partial charge in [-0.2, -0.15) is 0 Å². The second-order valence-electron chi connectivity index (χ2n) is 9.85. The van der Waals surface area contributed by atoms with Crippen molar-refractivity contribution in [2.24, 2.45) is 5.41 Å². The van der Waals surface area contributed by atoms with Crippen molar-refractivity contribution in [1.82, 2.24) is 14.7 Å². The highest BCUT2D eigenvalue weighted by Gasteiger charge is 2.42. The van der Waals surface area contributed by atoms with Crippen LogP contribution in [0.2, 0.25) is 0 Å². The number of likely N-dealkylation sites (N-methyl/N-ethyl adjacent to an activating group) is 1. The van der Waals surface area contributed by atoms with Gasteiger partial charge in [0.2, 0.25) is 12.7 Å². The van der Waals surface area contributed by atoms with Crippen LogP contribution < -0.4 is 9.47 Å². The van der Waals surface area contributed by atoms with E-state index in [0.717, 1.165) is 63.4 Å². The first-order valence-corrected chi connectivity index (χ1v) is 10.8. The van der Waals surface area contributed by atoms with Crippen LogP contribution in [-0.2, 0) is 11.2 Å². The Morgan fingerprint density at radius 2 is 1.83 bits per heavy atom. The molecule has 0 radical (unpaired) electrons. The smallest absolute Gasteiger partial charge is 0.231 e. The number of ether oxygens (including phenoxy) is 2. The lowest BCUT2D eigenvalue weighted by Crippen LogP contribution is -2.60. The Balaban J connectivity index is 1.47. The standard InChI is InChI=1S/C23H35N3O3/c1-22(14-18-5-6-19-20(13-18)29-17-28-19)8-7-21(27)26(15-22)16-23(24(2)3)9-11-25(4)12-10-23/h5-6,13H,7-12,14-17H2,1-4H3/t22-/m1/s1. The van der Waals surface area contributed by atoms with Gasteiger partial charge in [-0.1, -0.05) is 13.0 Å². The number of rotatable bonds is 5. The zero-order valence-electron chi connectivity index (χ0n) is 18.4. The van der Waals surface area contributed by atoms with E-state index in [1.54, 1.807) is 0 Å². The molecule has 0 unspecified atom stereocenters. The van der Waals surface area contributed by atoms with Crippen LogP contribution in [0.5, 0.6) is 11.5 Å². The van der Waals surface area contributed by atoms with Crippen LogP contribution >= 0.6 is 0 Å². The summed E-state index contributed by atoms with van der Waals surface area (Å²) >= 11 is 0. The average Bonchev–Trinajstić information content (AvgIpc) is 3.14. The summed E-state index contributed by atoms with van der Waals surface area (Å²) in [6.45, 7) is 6.48. The van der Waals surface area contributed by atoms with Crippen LogP contribution in [0.4, 0.5) is 0 Å². The summed E-state index contributed by atoms with van der Waals surface area (Å²) in [5.41, 5.74) is 1.42. The number of hydrogen-bond acceptors (Lipinski definition) is 5. The van der Waals surface area contributed by atoms with E-state index in [9.17, 15) is 4.79 Å². The number of likely N-dealkylation sites (tertiary alicyclic amines) is 2. The van der Waals surface area contributed by atoms with Crippen molar-refractivity contribution in [2.75, 3.05) is 54.1 Å². The van der Waals surface area contributed by atoms with Gasteiger partial charge in [0.15, 0.2) is 11.5 Å². The largest absolute Gasteiger partial charge is 0.454 e. The van der Waals surface area contributed by atoms with Gasteiger partial charge in [0.1, 0.15) is 0 Å². The monoisotopic (exact) mass is 401 g/mol. The average molecular weight is 402 g/mol. The van der Waals surface area contributed by atoms with E-state index in [1.165, 1.54) is 5.56 Å². The van der Waals surface area contributed by atoms with Crippen LogP contribution in [0.15, 0.2) is 18.2 Å². The molecule has 1 aromatic rings. The zero-order chi connectivity index (χ0) is 20.6. The first-order chi connectivity index (χ1) is 13.8. The number of nitrogens with zero attached hydrogens (tertiary/aromatic N) is 3. The van der Waals surface area contributed by atoms with Crippen molar-refractivity contribution in [3.8, 4) is 11.5 Å². The van der Waals surface area contributed by atoms with Crippen molar-refractivity contribution in [1.29, 1.82) is 0 Å². The molecule has 4 rings (SSSR count). The van der Waals surface area contributed by atoms with Gasteiger partial charge in [0.05, 0.1) is 0 Å². The number of carbonyl (C=O) groups is 1. The number of piperidine rings is 2. The van der Waals surface area contributed by atoms with E-state index in [1.807, 2.05) is 6.07 Å². The van der Waals surface area contributed by atoms with Crippen molar-refractivity contribution in [3.05, 3.63) is 23.8 Å². The Morgan fingerprint density at radius 1 is 1.10 bits per heavy atom. The molecule has 6 heteroatoms. The normalized spacial score (nSPS) is 26.9. The lowest BCUT2D eigenvalue weighted by molar-refractivity contribution is -0.140. The number of benzene rings is 1. The third kappa shape index (κ3) is 4.24. The van der Waals surface area contributed by atoms with E-state index < -0.39 is 0 Å². The highest BCUT2D eigenvalue weighted by Crippen LogP contribution is 2.39. The van der Waals surface area contributed by atoms with Crippen LogP contribution in [0.1, 0.15) is 38.2 Å². The van der Waals surface area contributed by atoms with Crippen LogP contribution in [0.25, 0.3) is 0 Å². The second-order valence-corrected chi connectivity index (χ2v) is 9.85. The minimum atomic E-state index is 0.0825. The quantitative estimate of drug-likeness (QED) is 0.759. The summed E-state index contributed by atoms with van der Waals surface area (Å²) < 4.78 is 11.0. The minimum Gasteiger partial charge on any atom is -0.454 e. The molecule has 29 heavy (non-hydrogen) atoms. The topological polar surface area (TPSA) is 45.3 Å². The predicted molar refractivity (Wildman–Crippen MR) is 113 cm³/mol. The lowest BCUT2D eigenvalue weighted by Gasteiger charge is -2.50. The van der Waals surface area contributed by atoms with Gasteiger partial charge < -0.3 is 24.2 Å². The molecule has 0 bridgehead atoms. The summed E-state index contributed by atoms with van der Waals surface area (Å²) in [6, 6.07) is 6.25. The van der Waals surface area contributed by atoms with Gasteiger partial charge in [0.25, 0.3) is 0 Å². The molecule has 3 aliphatic heterocycles. The maximum Gasteiger partial charge on any atom is 0.231 e. The number of fused-ring (bicyclic) bond motifs is 1. The SMILES string of the molecule is CN1CCC(CN2C[C@@](C)(Cc3ccc4c(c3)OCO4)CCC2=O)(N(C)C)CC1. The Morgan fingerprint density at radius 3 is 2.55 bits per heavy atom. The molecule has 6 nitrogen and oxygen atoms in total. The first kappa shape index (κ1) is 20.5. The molecule has 3 heterocycles. The number of amides is 1. The Hall–Kier alpha value is -1.79. The Kier molecular flexibility index (Phi) is 5.51. The molecule has 0 saturated carbocycles. The van der Waals surface area contributed by atoms with Crippen molar-refractivity contribution in [3.63, 3.8) is 0 Å². The number of hydrogen-bond donors (Lipinski definition) is 0. The van der Waals surface area contributed by atoms with E-state index >= 15 is 0 Å². The highest BCUT2D eigenvalue weighted by molar-refractivity contribution is 5.77. The lowest BCUT2D eigenvalue weighted by atomic mass is 9.75. The summed E-state index contributed by atoms with van der Waals surface area (Å²) in [6.07, 6.45) is 4.75. The summed E-state index contributed by atoms with van der Waals surface area (Å²) in [5.74, 6) is 1.98. The number of carbonyl (C=O) groups excluding carboxylic acids is 1. The Bertz CT molecular complexity index is 758. The fourth-order valence-electron chi connectivity index (χ4n) is 5.16. The molecule has 0 N–H and O–H groups in total.